The maximum absolute atomic E-state index is 12.5. The summed E-state index contributed by atoms with van der Waals surface area (Å²) >= 11 is 1.18. The molecule has 1 aromatic heterocycles. The molecule has 0 aliphatic carbocycles. The summed E-state index contributed by atoms with van der Waals surface area (Å²) in [6.45, 7) is 0.480. The Bertz CT molecular complexity index is 1110. The average molecular weight is 444 g/mol. The van der Waals surface area contributed by atoms with E-state index in [2.05, 4.69) is 20.8 Å². The topological polar surface area (TPSA) is 135 Å². The summed E-state index contributed by atoms with van der Waals surface area (Å²) in [5.74, 6) is 0.857. The molecule has 1 aliphatic rings. The molecule has 11 heteroatoms. The monoisotopic (exact) mass is 444 g/mol. The zero-order valence-electron chi connectivity index (χ0n) is 16.7. The third-order valence-corrected chi connectivity index (χ3v) is 5.47. The van der Waals surface area contributed by atoms with E-state index >= 15 is 0 Å². The number of nitrogens with one attached hydrogen (secondary N) is 2. The minimum Gasteiger partial charge on any atom is -0.493 e. The Morgan fingerprint density at radius 2 is 1.77 bits per heavy atom. The van der Waals surface area contributed by atoms with Crippen molar-refractivity contribution in [2.24, 2.45) is 0 Å². The van der Waals surface area contributed by atoms with E-state index in [4.69, 9.17) is 14.2 Å². The molecule has 0 radical (unpaired) electrons. The number of ether oxygens (including phenoxy) is 3. The highest BCUT2D eigenvalue weighted by atomic mass is 32.1. The summed E-state index contributed by atoms with van der Waals surface area (Å²) in [7, 11) is 3.15. The van der Waals surface area contributed by atoms with Crippen LogP contribution in [0.4, 0.5) is 10.3 Å². The normalized spacial score (nSPS) is 17.2. The minimum absolute atomic E-state index is 0.297. The minimum atomic E-state index is -1.27. The number of aliphatic hydroxyl groups is 2. The second-order valence-corrected chi connectivity index (χ2v) is 7.57. The summed E-state index contributed by atoms with van der Waals surface area (Å²) in [6.07, 6.45) is -2.48. The van der Waals surface area contributed by atoms with Gasteiger partial charge < -0.3 is 29.7 Å². The number of fused-ring (bicyclic) bond motifs is 1. The highest BCUT2D eigenvalue weighted by Gasteiger charge is 2.29. The van der Waals surface area contributed by atoms with Crippen molar-refractivity contribution in [3.05, 3.63) is 58.7 Å². The average Bonchev–Trinajstić information content (AvgIpc) is 3.35. The van der Waals surface area contributed by atoms with Crippen molar-refractivity contribution in [2.45, 2.75) is 19.1 Å². The smallest absolute Gasteiger partial charge is 0.257 e. The molecule has 2 unspecified atom stereocenters. The standard InChI is InChI=1S/C20H20N4O6S/c1-28-14-6-3-10(7-15(14)29-2)9-21-19-23-24-20(31-19)22-16(25)11-4-5-12-13(8-11)18(27)30-17(12)26/h3-8,17-18,26-27H,9H2,1-2H3,(H,21,23)(H,22,24,25). The van der Waals surface area contributed by atoms with Crippen molar-refractivity contribution < 1.29 is 29.2 Å². The van der Waals surface area contributed by atoms with Gasteiger partial charge in [0.2, 0.25) is 10.3 Å². The number of hydrogen-bond acceptors (Lipinski definition) is 10. The van der Waals surface area contributed by atoms with Crippen molar-refractivity contribution in [3.8, 4) is 11.5 Å². The van der Waals surface area contributed by atoms with Crippen LogP contribution in [0.15, 0.2) is 36.4 Å². The van der Waals surface area contributed by atoms with Gasteiger partial charge in [-0.15, -0.1) is 10.2 Å². The van der Waals surface area contributed by atoms with Gasteiger partial charge in [-0.2, -0.15) is 0 Å². The van der Waals surface area contributed by atoms with Gasteiger partial charge in [-0.25, -0.2) is 0 Å². The van der Waals surface area contributed by atoms with Crippen molar-refractivity contribution in [2.75, 3.05) is 24.9 Å². The van der Waals surface area contributed by atoms with Crippen molar-refractivity contribution in [1.29, 1.82) is 0 Å². The maximum Gasteiger partial charge on any atom is 0.257 e. The lowest BCUT2D eigenvalue weighted by atomic mass is 10.0. The summed E-state index contributed by atoms with van der Waals surface area (Å²) < 4.78 is 15.4. The number of aliphatic hydroxyl groups excluding tert-OH is 2. The largest absolute Gasteiger partial charge is 0.493 e. The van der Waals surface area contributed by atoms with Gasteiger partial charge in [0, 0.05) is 23.2 Å². The predicted octanol–water partition coefficient (Wildman–Crippen LogP) is 2.43. The van der Waals surface area contributed by atoms with Gasteiger partial charge >= 0.3 is 0 Å². The van der Waals surface area contributed by atoms with Gasteiger partial charge in [-0.1, -0.05) is 23.5 Å². The van der Waals surface area contributed by atoms with Crippen LogP contribution in [0.5, 0.6) is 11.5 Å². The second-order valence-electron chi connectivity index (χ2n) is 6.59. The third kappa shape index (κ3) is 4.44. The Balaban J connectivity index is 1.38. The molecule has 0 spiro atoms. The van der Waals surface area contributed by atoms with Crippen LogP contribution < -0.4 is 20.1 Å². The molecule has 2 atom stereocenters. The van der Waals surface area contributed by atoms with E-state index in [-0.39, 0.29) is 0 Å². The number of benzene rings is 2. The van der Waals surface area contributed by atoms with Crippen molar-refractivity contribution >= 4 is 27.5 Å². The number of anilines is 2. The number of nitrogens with zero attached hydrogens (tertiary/aromatic N) is 2. The number of carbonyl (C=O) groups is 1. The van der Waals surface area contributed by atoms with Gasteiger partial charge in [-0.05, 0) is 29.8 Å². The molecule has 0 saturated heterocycles. The number of aromatic nitrogens is 2. The maximum atomic E-state index is 12.5. The fourth-order valence-corrected chi connectivity index (χ4v) is 3.74. The van der Waals surface area contributed by atoms with E-state index in [0.29, 0.717) is 45.0 Å². The number of rotatable bonds is 7. The van der Waals surface area contributed by atoms with E-state index in [1.165, 1.54) is 23.5 Å². The van der Waals surface area contributed by atoms with Crippen LogP contribution >= 0.6 is 11.3 Å². The molecular formula is C20H20N4O6S. The molecule has 2 aromatic carbocycles. The zero-order valence-corrected chi connectivity index (χ0v) is 17.5. The summed E-state index contributed by atoms with van der Waals surface area (Å²) in [4.78, 5) is 12.5. The molecule has 3 aromatic rings. The molecule has 0 fully saturated rings. The van der Waals surface area contributed by atoms with Crippen LogP contribution in [-0.4, -0.2) is 40.5 Å². The first kappa shape index (κ1) is 21.0. The molecule has 0 saturated carbocycles. The highest BCUT2D eigenvalue weighted by molar-refractivity contribution is 7.19. The van der Waals surface area contributed by atoms with Crippen molar-refractivity contribution in [3.63, 3.8) is 0 Å². The molecule has 1 amide bonds. The fraction of sp³-hybridized carbons (Fsp3) is 0.250. The highest BCUT2D eigenvalue weighted by Crippen LogP contribution is 2.36. The second kappa shape index (κ2) is 8.86. The number of carbonyl (C=O) groups excluding carboxylic acids is 1. The predicted molar refractivity (Wildman–Crippen MR) is 112 cm³/mol. The zero-order chi connectivity index (χ0) is 22.0. The molecule has 162 valence electrons. The molecule has 2 heterocycles. The number of amides is 1. The third-order valence-electron chi connectivity index (χ3n) is 4.68. The van der Waals surface area contributed by atoms with Crippen LogP contribution in [0.1, 0.15) is 39.6 Å². The molecule has 31 heavy (non-hydrogen) atoms. The Labute approximate surface area is 181 Å². The molecular weight excluding hydrogens is 424 g/mol. The van der Waals surface area contributed by atoms with Gasteiger partial charge in [0.05, 0.1) is 14.2 Å². The summed E-state index contributed by atoms with van der Waals surface area (Å²) in [5, 5.41) is 34.2. The first-order valence-corrected chi connectivity index (χ1v) is 10.0. The van der Waals surface area contributed by atoms with Gasteiger partial charge in [-0.3, -0.25) is 10.1 Å². The van der Waals surface area contributed by atoms with Gasteiger partial charge in [0.1, 0.15) is 0 Å². The first-order valence-electron chi connectivity index (χ1n) is 9.23. The van der Waals surface area contributed by atoms with Crippen LogP contribution in [0, 0.1) is 0 Å². The molecule has 10 nitrogen and oxygen atoms in total. The van der Waals surface area contributed by atoms with Crippen LogP contribution in [-0.2, 0) is 11.3 Å². The Hall–Kier alpha value is -3.25. The quantitative estimate of drug-likeness (QED) is 0.433. The van der Waals surface area contributed by atoms with Gasteiger partial charge in [0.25, 0.3) is 5.91 Å². The van der Waals surface area contributed by atoms with E-state index < -0.39 is 18.5 Å². The molecule has 4 N–H and O–H groups in total. The molecule has 0 bridgehead atoms. The summed E-state index contributed by atoms with van der Waals surface area (Å²) in [6, 6.07) is 10.1. The number of hydrogen-bond donors (Lipinski definition) is 4. The van der Waals surface area contributed by atoms with E-state index in [9.17, 15) is 15.0 Å². The van der Waals surface area contributed by atoms with Crippen LogP contribution in [0.25, 0.3) is 0 Å². The SMILES string of the molecule is COc1ccc(CNc2nnc(NC(=O)c3ccc4c(c3)C(O)OC4O)s2)cc1OC. The first-order chi connectivity index (χ1) is 15.0. The Morgan fingerprint density at radius 1 is 1.03 bits per heavy atom. The Morgan fingerprint density at radius 3 is 2.55 bits per heavy atom. The lowest BCUT2D eigenvalue weighted by Crippen LogP contribution is -2.12. The number of methoxy groups -OCH3 is 2. The molecule has 1 aliphatic heterocycles. The molecule has 4 rings (SSSR count). The van der Waals surface area contributed by atoms with E-state index in [1.54, 1.807) is 20.3 Å². The fourth-order valence-electron chi connectivity index (χ4n) is 3.11. The van der Waals surface area contributed by atoms with Crippen LogP contribution in [0.2, 0.25) is 0 Å². The lowest BCUT2D eigenvalue weighted by molar-refractivity contribution is -0.193. The lowest BCUT2D eigenvalue weighted by Gasteiger charge is -2.09. The van der Waals surface area contributed by atoms with Gasteiger partial charge in [0.15, 0.2) is 24.1 Å². The van der Waals surface area contributed by atoms with E-state index in [0.717, 1.165) is 5.56 Å². The van der Waals surface area contributed by atoms with E-state index in [1.807, 2.05) is 18.2 Å². The Kier molecular flexibility index (Phi) is 6.00. The summed E-state index contributed by atoms with van der Waals surface area (Å²) in [5.41, 5.74) is 2.04. The van der Waals surface area contributed by atoms with Crippen molar-refractivity contribution in [1.82, 2.24) is 10.2 Å². The van der Waals surface area contributed by atoms with Crippen LogP contribution in [0.3, 0.4) is 0 Å².